The number of hydrogen-bond acceptors (Lipinski definition) is 4. The lowest BCUT2D eigenvalue weighted by molar-refractivity contribution is 0.257. The van der Waals surface area contributed by atoms with Gasteiger partial charge < -0.3 is 18.7 Å². The molecule has 1 atom stereocenters. The number of ether oxygens (including phenoxy) is 1. The van der Waals surface area contributed by atoms with Crippen LogP contribution >= 0.6 is 7.60 Å². The van der Waals surface area contributed by atoms with Crippen LogP contribution in [0.1, 0.15) is 19.3 Å². The van der Waals surface area contributed by atoms with Crippen LogP contribution in [0.2, 0.25) is 0 Å². The minimum atomic E-state index is -3.33. The number of aryl methyl sites for hydroxylation is 1. The van der Waals surface area contributed by atoms with Crippen LogP contribution < -0.4 is 4.74 Å². The molecular weight excluding hydrogens is 291 g/mol. The van der Waals surface area contributed by atoms with Crippen molar-refractivity contribution in [3.63, 3.8) is 0 Å². The summed E-state index contributed by atoms with van der Waals surface area (Å²) in [7, 11) is -1.69. The van der Waals surface area contributed by atoms with Crippen molar-refractivity contribution in [2.24, 2.45) is 0 Å². The monoisotopic (exact) mass is 312 g/mol. The van der Waals surface area contributed by atoms with Crippen LogP contribution in [0.4, 0.5) is 0 Å². The van der Waals surface area contributed by atoms with Crippen LogP contribution in [-0.4, -0.2) is 34.8 Å². The number of fused-ring (bicyclic) bond motifs is 1. The first kappa shape index (κ1) is 16.0. The third kappa shape index (κ3) is 4.84. The highest BCUT2D eigenvalue weighted by atomic mass is 31.2. The van der Waals surface area contributed by atoms with E-state index in [1.165, 1.54) is 6.66 Å². The fourth-order valence-corrected chi connectivity index (χ4v) is 2.60. The molecule has 0 saturated carbocycles. The van der Waals surface area contributed by atoms with E-state index in [4.69, 9.17) is 14.2 Å². The van der Waals surface area contributed by atoms with Gasteiger partial charge in [0.05, 0.1) is 31.1 Å². The second-order valence-corrected chi connectivity index (χ2v) is 6.85. The lowest BCUT2D eigenvalue weighted by Crippen LogP contribution is -1.98. The molecule has 6 nitrogen and oxygen atoms in total. The predicted octanol–water partition coefficient (Wildman–Crippen LogP) is 3.05. The molecule has 1 aromatic heterocycles. The fourth-order valence-electron chi connectivity index (χ4n) is 2.14. The molecule has 0 amide bonds. The molecule has 1 aromatic carbocycles. The molecule has 0 aliphatic carbocycles. The predicted molar refractivity (Wildman–Crippen MR) is 81.8 cm³/mol. The van der Waals surface area contributed by atoms with Crippen LogP contribution in [-0.2, 0) is 15.6 Å². The van der Waals surface area contributed by atoms with Crippen LogP contribution in [0.3, 0.4) is 0 Å². The zero-order valence-corrected chi connectivity index (χ0v) is 13.3. The summed E-state index contributed by atoms with van der Waals surface area (Å²) in [4.78, 5) is 13.4. The molecule has 7 heteroatoms. The maximum absolute atomic E-state index is 10.9. The highest BCUT2D eigenvalue weighted by molar-refractivity contribution is 7.51. The third-order valence-corrected chi connectivity index (χ3v) is 3.86. The van der Waals surface area contributed by atoms with Crippen molar-refractivity contribution in [2.75, 3.05) is 20.4 Å². The molecule has 0 saturated heterocycles. The van der Waals surface area contributed by atoms with Crippen LogP contribution in [0, 0.1) is 0 Å². The van der Waals surface area contributed by atoms with Crippen molar-refractivity contribution in [1.29, 1.82) is 0 Å². The maximum atomic E-state index is 10.9. The van der Waals surface area contributed by atoms with Gasteiger partial charge >= 0.3 is 7.60 Å². The van der Waals surface area contributed by atoms with Gasteiger partial charge in [-0.3, -0.25) is 4.57 Å². The first-order chi connectivity index (χ1) is 9.99. The normalized spacial score (nSPS) is 14.2. The highest BCUT2D eigenvalue weighted by Gasteiger charge is 2.08. The number of unbranched alkanes of at least 4 members (excludes halogenated alkanes) is 2. The van der Waals surface area contributed by atoms with Gasteiger partial charge in [0.1, 0.15) is 5.75 Å². The second-order valence-electron chi connectivity index (χ2n) is 4.99. The van der Waals surface area contributed by atoms with Crippen molar-refractivity contribution in [1.82, 2.24) is 9.55 Å². The SMILES string of the molecule is COc1ccc2ncn(CCCCCOP(C)(=O)O)c2c1. The van der Waals surface area contributed by atoms with Crippen molar-refractivity contribution in [3.05, 3.63) is 24.5 Å². The Morgan fingerprint density at radius 1 is 1.33 bits per heavy atom. The van der Waals surface area contributed by atoms with Gasteiger partial charge in [0.15, 0.2) is 0 Å². The van der Waals surface area contributed by atoms with E-state index in [0.717, 1.165) is 42.6 Å². The Morgan fingerprint density at radius 2 is 2.14 bits per heavy atom. The zero-order valence-electron chi connectivity index (χ0n) is 12.4. The summed E-state index contributed by atoms with van der Waals surface area (Å²) in [6.45, 7) is 2.38. The Kier molecular flexibility index (Phi) is 5.39. The van der Waals surface area contributed by atoms with E-state index in [1.54, 1.807) is 7.11 Å². The van der Waals surface area contributed by atoms with Crippen molar-refractivity contribution >= 4 is 18.6 Å². The van der Waals surface area contributed by atoms with E-state index in [1.807, 2.05) is 24.5 Å². The van der Waals surface area contributed by atoms with Crippen molar-refractivity contribution in [3.8, 4) is 5.75 Å². The molecule has 21 heavy (non-hydrogen) atoms. The molecule has 2 aromatic rings. The van der Waals surface area contributed by atoms with E-state index in [2.05, 4.69) is 9.55 Å². The average Bonchev–Trinajstić information content (AvgIpc) is 2.83. The Morgan fingerprint density at radius 3 is 2.86 bits per heavy atom. The molecule has 0 radical (unpaired) electrons. The minimum Gasteiger partial charge on any atom is -0.497 e. The van der Waals surface area contributed by atoms with Gasteiger partial charge in [-0.15, -0.1) is 0 Å². The van der Waals surface area contributed by atoms with E-state index in [9.17, 15) is 4.57 Å². The fraction of sp³-hybridized carbons (Fsp3) is 0.500. The lowest BCUT2D eigenvalue weighted by Gasteiger charge is -2.07. The number of hydrogen-bond donors (Lipinski definition) is 1. The summed E-state index contributed by atoms with van der Waals surface area (Å²) in [6, 6.07) is 5.82. The summed E-state index contributed by atoms with van der Waals surface area (Å²) >= 11 is 0. The smallest absolute Gasteiger partial charge is 0.325 e. The third-order valence-electron chi connectivity index (χ3n) is 3.20. The Labute approximate surface area is 124 Å². The molecule has 0 aliphatic heterocycles. The molecule has 0 bridgehead atoms. The van der Waals surface area contributed by atoms with Gasteiger partial charge in [-0.25, -0.2) is 4.98 Å². The van der Waals surface area contributed by atoms with E-state index in [-0.39, 0.29) is 0 Å². The van der Waals surface area contributed by atoms with E-state index < -0.39 is 7.60 Å². The first-order valence-corrected chi connectivity index (χ1v) is 8.96. The lowest BCUT2D eigenvalue weighted by atomic mass is 10.2. The molecule has 116 valence electrons. The number of benzene rings is 1. The van der Waals surface area contributed by atoms with E-state index in [0.29, 0.717) is 6.61 Å². The van der Waals surface area contributed by atoms with Gasteiger partial charge in [0.25, 0.3) is 0 Å². The zero-order chi connectivity index (χ0) is 15.3. The first-order valence-electron chi connectivity index (χ1n) is 6.93. The summed E-state index contributed by atoms with van der Waals surface area (Å²) in [5, 5.41) is 0. The summed E-state index contributed by atoms with van der Waals surface area (Å²) < 4.78 is 23.1. The molecule has 1 heterocycles. The van der Waals surface area contributed by atoms with Gasteiger partial charge in [-0.2, -0.15) is 0 Å². The second kappa shape index (κ2) is 7.07. The number of nitrogens with zero attached hydrogens (tertiary/aromatic N) is 2. The van der Waals surface area contributed by atoms with Crippen LogP contribution in [0.15, 0.2) is 24.5 Å². The Bertz CT molecular complexity index is 635. The molecule has 1 unspecified atom stereocenters. The molecular formula is C14H21N2O4P. The number of imidazole rings is 1. The summed E-state index contributed by atoms with van der Waals surface area (Å²) in [5.41, 5.74) is 2.00. The van der Waals surface area contributed by atoms with Crippen LogP contribution in [0.5, 0.6) is 5.75 Å². The Balaban J connectivity index is 1.82. The molecule has 0 spiro atoms. The quantitative estimate of drug-likeness (QED) is 0.599. The average molecular weight is 312 g/mol. The van der Waals surface area contributed by atoms with E-state index >= 15 is 0 Å². The number of rotatable bonds is 8. The van der Waals surface area contributed by atoms with Gasteiger partial charge in [0.2, 0.25) is 0 Å². The molecule has 1 N–H and O–H groups in total. The largest absolute Gasteiger partial charge is 0.497 e. The standard InChI is InChI=1S/C14H21N2O4P/c1-19-12-6-7-13-14(10-12)16(11-15-13)8-4-3-5-9-20-21(2,17)18/h6-7,10-11H,3-5,8-9H2,1-2H3,(H,17,18). The number of aromatic nitrogens is 2. The number of methoxy groups -OCH3 is 1. The molecule has 0 fully saturated rings. The van der Waals surface area contributed by atoms with Gasteiger partial charge in [-0.05, 0) is 31.4 Å². The van der Waals surface area contributed by atoms with Gasteiger partial charge in [0, 0.05) is 19.3 Å². The maximum Gasteiger partial charge on any atom is 0.325 e. The summed E-state index contributed by atoms with van der Waals surface area (Å²) in [5.74, 6) is 0.819. The van der Waals surface area contributed by atoms with Crippen LogP contribution in [0.25, 0.3) is 11.0 Å². The Hall–Kier alpha value is -1.36. The minimum absolute atomic E-state index is 0.322. The topological polar surface area (TPSA) is 73.6 Å². The molecule has 2 rings (SSSR count). The van der Waals surface area contributed by atoms with Crippen molar-refractivity contribution < 1.29 is 18.7 Å². The van der Waals surface area contributed by atoms with Crippen molar-refractivity contribution in [2.45, 2.75) is 25.8 Å². The highest BCUT2D eigenvalue weighted by Crippen LogP contribution is 2.36. The summed E-state index contributed by atoms with van der Waals surface area (Å²) in [6.07, 6.45) is 4.50. The molecule has 0 aliphatic rings. The van der Waals surface area contributed by atoms with Gasteiger partial charge in [-0.1, -0.05) is 0 Å².